The summed E-state index contributed by atoms with van der Waals surface area (Å²) in [5, 5.41) is 6.91. The molecular weight excluding hydrogens is 274 g/mol. The highest BCUT2D eigenvalue weighted by molar-refractivity contribution is 7.13. The van der Waals surface area contributed by atoms with Crippen LogP contribution in [0.25, 0.3) is 0 Å². The number of para-hydroxylation sites is 1. The largest absolute Gasteiger partial charge is 0.493 e. The van der Waals surface area contributed by atoms with E-state index in [2.05, 4.69) is 15.5 Å². The van der Waals surface area contributed by atoms with Gasteiger partial charge in [0.15, 0.2) is 11.5 Å². The molecule has 0 saturated heterocycles. The topological polar surface area (TPSA) is 55.7 Å². The van der Waals surface area contributed by atoms with E-state index in [-0.39, 0.29) is 0 Å². The van der Waals surface area contributed by atoms with Gasteiger partial charge in [0.2, 0.25) is 5.13 Å². The first kappa shape index (κ1) is 14.3. The average molecular weight is 291 g/mol. The van der Waals surface area contributed by atoms with Crippen LogP contribution in [0.1, 0.15) is 18.2 Å². The highest BCUT2D eigenvalue weighted by atomic mass is 32.1. The van der Waals surface area contributed by atoms with Crippen LogP contribution < -0.4 is 14.9 Å². The molecule has 0 amide bonds. The number of benzene rings is 1. The fourth-order valence-electron chi connectivity index (χ4n) is 1.66. The molecule has 1 aromatic carbocycles. The Balaban J connectivity index is 2.15. The Kier molecular flexibility index (Phi) is 4.95. The summed E-state index contributed by atoms with van der Waals surface area (Å²) in [6.07, 6.45) is 1.70. The molecule has 1 N–H and O–H groups in total. The van der Waals surface area contributed by atoms with Crippen LogP contribution in [0.4, 0.5) is 5.13 Å². The zero-order valence-electron chi connectivity index (χ0n) is 11.7. The van der Waals surface area contributed by atoms with Crippen molar-refractivity contribution < 1.29 is 9.47 Å². The lowest BCUT2D eigenvalue weighted by molar-refractivity contribution is 0.310. The monoisotopic (exact) mass is 291 g/mol. The number of anilines is 1. The van der Waals surface area contributed by atoms with Gasteiger partial charge in [-0.3, -0.25) is 5.43 Å². The highest BCUT2D eigenvalue weighted by Gasteiger charge is 2.08. The Morgan fingerprint density at radius 1 is 1.45 bits per heavy atom. The Morgan fingerprint density at radius 2 is 2.30 bits per heavy atom. The summed E-state index contributed by atoms with van der Waals surface area (Å²) in [7, 11) is 1.62. The van der Waals surface area contributed by atoms with E-state index in [0.717, 1.165) is 16.4 Å². The second-order valence-corrected chi connectivity index (χ2v) is 4.83. The molecule has 2 rings (SSSR count). The van der Waals surface area contributed by atoms with Crippen LogP contribution >= 0.6 is 11.3 Å². The lowest BCUT2D eigenvalue weighted by atomic mass is 10.2. The van der Waals surface area contributed by atoms with Crippen LogP contribution in [0.3, 0.4) is 0 Å². The molecule has 0 atom stereocenters. The van der Waals surface area contributed by atoms with E-state index >= 15 is 0 Å². The number of aryl methyl sites for hydroxylation is 1. The van der Waals surface area contributed by atoms with Crippen molar-refractivity contribution >= 4 is 22.7 Å². The number of ether oxygens (including phenoxy) is 2. The molecule has 0 fully saturated rings. The summed E-state index contributed by atoms with van der Waals surface area (Å²) in [6, 6.07) is 5.68. The number of hydrogen-bond acceptors (Lipinski definition) is 6. The number of thiazole rings is 1. The minimum atomic E-state index is 0.570. The van der Waals surface area contributed by atoms with Gasteiger partial charge in [0.05, 0.1) is 25.6 Å². The second kappa shape index (κ2) is 6.91. The number of aromatic nitrogens is 1. The van der Waals surface area contributed by atoms with Gasteiger partial charge in [-0.15, -0.1) is 11.3 Å². The van der Waals surface area contributed by atoms with E-state index in [9.17, 15) is 0 Å². The number of hydrazone groups is 1. The van der Waals surface area contributed by atoms with Crippen LogP contribution in [0.15, 0.2) is 28.7 Å². The first-order chi connectivity index (χ1) is 9.74. The third-order valence-electron chi connectivity index (χ3n) is 2.50. The van der Waals surface area contributed by atoms with Crippen LogP contribution in [-0.4, -0.2) is 24.9 Å². The predicted molar refractivity (Wildman–Crippen MR) is 82.2 cm³/mol. The Hall–Kier alpha value is -2.08. The normalized spacial score (nSPS) is 10.8. The van der Waals surface area contributed by atoms with Crippen molar-refractivity contribution in [3.05, 3.63) is 34.8 Å². The van der Waals surface area contributed by atoms with E-state index in [1.165, 1.54) is 11.3 Å². The number of hydrogen-bond donors (Lipinski definition) is 1. The van der Waals surface area contributed by atoms with Gasteiger partial charge in [0.1, 0.15) is 0 Å². The average Bonchev–Trinajstić information content (AvgIpc) is 2.86. The minimum Gasteiger partial charge on any atom is -0.493 e. The van der Waals surface area contributed by atoms with E-state index in [4.69, 9.17) is 9.47 Å². The van der Waals surface area contributed by atoms with Gasteiger partial charge in [-0.05, 0) is 26.0 Å². The third kappa shape index (κ3) is 3.48. The third-order valence-corrected chi connectivity index (χ3v) is 3.37. The van der Waals surface area contributed by atoms with Gasteiger partial charge in [-0.1, -0.05) is 6.07 Å². The summed E-state index contributed by atoms with van der Waals surface area (Å²) in [5.74, 6) is 1.39. The molecular formula is C14H17N3O2S. The zero-order chi connectivity index (χ0) is 14.4. The summed E-state index contributed by atoms with van der Waals surface area (Å²) >= 11 is 1.51. The Morgan fingerprint density at radius 3 is 2.95 bits per heavy atom. The lowest BCUT2D eigenvalue weighted by Crippen LogP contribution is -2.00. The highest BCUT2D eigenvalue weighted by Crippen LogP contribution is 2.30. The number of nitrogens with zero attached hydrogens (tertiary/aromatic N) is 2. The fourth-order valence-corrected chi connectivity index (χ4v) is 2.29. The quantitative estimate of drug-likeness (QED) is 0.655. The van der Waals surface area contributed by atoms with Crippen LogP contribution in [0.5, 0.6) is 11.5 Å². The molecule has 0 radical (unpaired) electrons. The van der Waals surface area contributed by atoms with Gasteiger partial charge >= 0.3 is 0 Å². The van der Waals surface area contributed by atoms with Crippen molar-refractivity contribution in [2.75, 3.05) is 19.1 Å². The molecule has 0 aliphatic carbocycles. The molecule has 2 aromatic rings. The molecule has 0 aliphatic rings. The second-order valence-electron chi connectivity index (χ2n) is 3.98. The molecule has 1 heterocycles. The lowest BCUT2D eigenvalue weighted by Gasteiger charge is -2.11. The summed E-state index contributed by atoms with van der Waals surface area (Å²) in [6.45, 7) is 4.45. The first-order valence-electron chi connectivity index (χ1n) is 6.25. The van der Waals surface area contributed by atoms with E-state index < -0.39 is 0 Å². The number of methoxy groups -OCH3 is 1. The SMILES string of the molecule is CCOc1c(/C=N\Nc2nc(C)cs2)cccc1OC. The maximum absolute atomic E-state index is 5.61. The van der Waals surface area contributed by atoms with Crippen LogP contribution in [-0.2, 0) is 0 Å². The molecule has 106 valence electrons. The molecule has 20 heavy (non-hydrogen) atoms. The zero-order valence-corrected chi connectivity index (χ0v) is 12.5. The van der Waals surface area contributed by atoms with Crippen molar-refractivity contribution in [3.63, 3.8) is 0 Å². The van der Waals surface area contributed by atoms with Gasteiger partial charge in [-0.25, -0.2) is 4.98 Å². The molecule has 6 heteroatoms. The van der Waals surface area contributed by atoms with Gasteiger partial charge in [0.25, 0.3) is 0 Å². The van der Waals surface area contributed by atoms with Crippen molar-refractivity contribution in [2.45, 2.75) is 13.8 Å². The van der Waals surface area contributed by atoms with E-state index in [1.807, 2.05) is 37.4 Å². The number of rotatable bonds is 6. The summed E-state index contributed by atoms with van der Waals surface area (Å²) in [5.41, 5.74) is 4.73. The van der Waals surface area contributed by atoms with Crippen molar-refractivity contribution in [1.29, 1.82) is 0 Å². The molecule has 0 aliphatic heterocycles. The Labute approximate surface area is 122 Å². The van der Waals surface area contributed by atoms with Gasteiger partial charge < -0.3 is 9.47 Å². The minimum absolute atomic E-state index is 0.570. The summed E-state index contributed by atoms with van der Waals surface area (Å²) < 4.78 is 10.9. The molecule has 1 aromatic heterocycles. The van der Waals surface area contributed by atoms with Crippen LogP contribution in [0, 0.1) is 6.92 Å². The van der Waals surface area contributed by atoms with Gasteiger partial charge in [0, 0.05) is 10.9 Å². The standard InChI is InChI=1S/C14H17N3O2S/c1-4-19-13-11(6-5-7-12(13)18-3)8-15-17-14-16-10(2)9-20-14/h5-9H,4H2,1-3H3,(H,16,17)/b15-8-. The maximum Gasteiger partial charge on any atom is 0.203 e. The summed E-state index contributed by atoms with van der Waals surface area (Å²) in [4.78, 5) is 4.27. The Bertz CT molecular complexity index is 596. The smallest absolute Gasteiger partial charge is 0.203 e. The molecule has 0 unspecified atom stereocenters. The molecule has 0 saturated carbocycles. The molecule has 5 nitrogen and oxygen atoms in total. The van der Waals surface area contributed by atoms with Gasteiger partial charge in [-0.2, -0.15) is 5.10 Å². The molecule has 0 spiro atoms. The fraction of sp³-hybridized carbons (Fsp3) is 0.286. The van der Waals surface area contributed by atoms with Crippen molar-refractivity contribution in [2.24, 2.45) is 5.10 Å². The van der Waals surface area contributed by atoms with Crippen molar-refractivity contribution in [1.82, 2.24) is 4.98 Å². The predicted octanol–water partition coefficient (Wildman–Crippen LogP) is 3.30. The number of nitrogens with one attached hydrogen (secondary N) is 1. The van der Waals surface area contributed by atoms with Crippen LogP contribution in [0.2, 0.25) is 0 Å². The molecule has 0 bridgehead atoms. The maximum atomic E-state index is 5.61. The van der Waals surface area contributed by atoms with Crippen molar-refractivity contribution in [3.8, 4) is 11.5 Å². The van der Waals surface area contributed by atoms with E-state index in [1.54, 1.807) is 13.3 Å². The first-order valence-corrected chi connectivity index (χ1v) is 7.13. The van der Waals surface area contributed by atoms with E-state index in [0.29, 0.717) is 18.1 Å².